The lowest BCUT2D eigenvalue weighted by atomic mass is 9.90. The van der Waals surface area contributed by atoms with Crippen molar-refractivity contribution in [3.05, 3.63) is 41.5 Å². The van der Waals surface area contributed by atoms with E-state index in [-0.39, 0.29) is 6.04 Å². The first-order chi connectivity index (χ1) is 8.20. The lowest BCUT2D eigenvalue weighted by Gasteiger charge is -2.30. The molecule has 0 radical (unpaired) electrons. The van der Waals surface area contributed by atoms with Gasteiger partial charge in [0.2, 0.25) is 0 Å². The van der Waals surface area contributed by atoms with Crippen LogP contribution in [0.25, 0.3) is 0 Å². The number of benzene rings is 1. The Morgan fingerprint density at radius 3 is 2.94 bits per heavy atom. The highest BCUT2D eigenvalue weighted by Crippen LogP contribution is 2.28. The highest BCUT2D eigenvalue weighted by molar-refractivity contribution is 5.35. The minimum atomic E-state index is 0.174. The molecule has 1 aromatic rings. The van der Waals surface area contributed by atoms with Crippen LogP contribution >= 0.6 is 0 Å². The molecular formula is C14H20N2O. The summed E-state index contributed by atoms with van der Waals surface area (Å²) in [7, 11) is 0. The van der Waals surface area contributed by atoms with E-state index in [4.69, 9.17) is 10.6 Å². The van der Waals surface area contributed by atoms with Crippen LogP contribution < -0.4 is 16.0 Å². The first-order valence-corrected chi connectivity index (χ1v) is 6.02. The van der Waals surface area contributed by atoms with Gasteiger partial charge in [-0.05, 0) is 31.9 Å². The van der Waals surface area contributed by atoms with Crippen molar-refractivity contribution in [2.24, 2.45) is 11.8 Å². The zero-order chi connectivity index (χ0) is 12.3. The number of nitrogens with one attached hydrogen (secondary N) is 1. The number of ether oxygens (including phenoxy) is 1. The average molecular weight is 232 g/mol. The normalized spacial score (nSPS) is 20.1. The predicted molar refractivity (Wildman–Crippen MR) is 69.7 cm³/mol. The molecule has 0 saturated heterocycles. The lowest BCUT2D eigenvalue weighted by Crippen LogP contribution is -2.44. The molecule has 0 aromatic heterocycles. The Balaban J connectivity index is 2.13. The first-order valence-electron chi connectivity index (χ1n) is 6.02. The molecular weight excluding hydrogens is 212 g/mol. The standard InChI is InChI=1S/C14H20N2O/c1-10(2)7-13(16-15)12-8-11-5-3-4-6-14(11)17-9-12/h3-7,12-13,16H,8-9,15H2,1-2H3. The van der Waals surface area contributed by atoms with Crippen molar-refractivity contribution < 1.29 is 4.74 Å². The quantitative estimate of drug-likeness (QED) is 0.476. The van der Waals surface area contributed by atoms with Crippen LogP contribution in [0.2, 0.25) is 0 Å². The molecule has 1 aliphatic heterocycles. The molecule has 1 aromatic carbocycles. The molecule has 1 heterocycles. The van der Waals surface area contributed by atoms with E-state index in [9.17, 15) is 0 Å². The predicted octanol–water partition coefficient (Wildman–Crippen LogP) is 2.04. The zero-order valence-corrected chi connectivity index (χ0v) is 10.4. The molecule has 2 atom stereocenters. The van der Waals surface area contributed by atoms with E-state index in [2.05, 4.69) is 37.5 Å². The fourth-order valence-corrected chi connectivity index (χ4v) is 2.26. The minimum absolute atomic E-state index is 0.174. The van der Waals surface area contributed by atoms with E-state index in [1.807, 2.05) is 12.1 Å². The van der Waals surface area contributed by atoms with Gasteiger partial charge in [0.15, 0.2) is 0 Å². The molecule has 1 aliphatic rings. The van der Waals surface area contributed by atoms with Crippen molar-refractivity contribution in [1.29, 1.82) is 0 Å². The molecule has 0 amide bonds. The number of fused-ring (bicyclic) bond motifs is 1. The topological polar surface area (TPSA) is 47.3 Å². The lowest BCUT2D eigenvalue weighted by molar-refractivity contribution is 0.199. The minimum Gasteiger partial charge on any atom is -0.493 e. The Morgan fingerprint density at radius 2 is 2.24 bits per heavy atom. The number of hydrazine groups is 1. The molecule has 0 saturated carbocycles. The molecule has 3 N–H and O–H groups in total. The largest absolute Gasteiger partial charge is 0.493 e. The maximum absolute atomic E-state index is 5.78. The molecule has 2 unspecified atom stereocenters. The Hall–Kier alpha value is -1.32. The molecule has 0 bridgehead atoms. The van der Waals surface area contributed by atoms with Gasteiger partial charge in [-0.25, -0.2) is 0 Å². The molecule has 3 nitrogen and oxygen atoms in total. The molecule has 0 fully saturated rings. The van der Waals surface area contributed by atoms with Gasteiger partial charge in [-0.2, -0.15) is 0 Å². The highest BCUT2D eigenvalue weighted by atomic mass is 16.5. The fourth-order valence-electron chi connectivity index (χ4n) is 2.26. The van der Waals surface area contributed by atoms with Crippen LogP contribution in [0.1, 0.15) is 19.4 Å². The average Bonchev–Trinajstić information content (AvgIpc) is 2.35. The maximum Gasteiger partial charge on any atom is 0.122 e. The van der Waals surface area contributed by atoms with E-state index in [1.54, 1.807) is 0 Å². The van der Waals surface area contributed by atoms with Gasteiger partial charge in [0.1, 0.15) is 5.75 Å². The molecule has 17 heavy (non-hydrogen) atoms. The summed E-state index contributed by atoms with van der Waals surface area (Å²) in [5, 5.41) is 0. The summed E-state index contributed by atoms with van der Waals surface area (Å²) in [6.07, 6.45) is 3.18. The highest BCUT2D eigenvalue weighted by Gasteiger charge is 2.25. The van der Waals surface area contributed by atoms with Gasteiger partial charge in [0, 0.05) is 12.0 Å². The van der Waals surface area contributed by atoms with Crippen molar-refractivity contribution >= 4 is 0 Å². The fraction of sp³-hybridized carbons (Fsp3) is 0.429. The van der Waals surface area contributed by atoms with Gasteiger partial charge in [-0.15, -0.1) is 0 Å². The van der Waals surface area contributed by atoms with Gasteiger partial charge >= 0.3 is 0 Å². The first kappa shape index (κ1) is 12.1. The summed E-state index contributed by atoms with van der Waals surface area (Å²) in [5.41, 5.74) is 5.42. The second kappa shape index (κ2) is 5.34. The van der Waals surface area contributed by atoms with Crippen LogP contribution in [0, 0.1) is 5.92 Å². The van der Waals surface area contributed by atoms with Gasteiger partial charge in [-0.1, -0.05) is 29.8 Å². The second-order valence-electron chi connectivity index (χ2n) is 4.82. The molecule has 3 heteroatoms. The van der Waals surface area contributed by atoms with Crippen molar-refractivity contribution in [3.8, 4) is 5.75 Å². The van der Waals surface area contributed by atoms with Crippen molar-refractivity contribution in [2.75, 3.05) is 6.61 Å². The van der Waals surface area contributed by atoms with Crippen molar-refractivity contribution in [2.45, 2.75) is 26.3 Å². The Morgan fingerprint density at radius 1 is 1.47 bits per heavy atom. The van der Waals surface area contributed by atoms with Crippen LogP contribution in [0.4, 0.5) is 0 Å². The van der Waals surface area contributed by atoms with Crippen LogP contribution in [-0.4, -0.2) is 12.6 Å². The van der Waals surface area contributed by atoms with Crippen LogP contribution in [0.3, 0.4) is 0 Å². The third-order valence-electron chi connectivity index (χ3n) is 3.12. The van der Waals surface area contributed by atoms with E-state index in [0.29, 0.717) is 5.92 Å². The second-order valence-corrected chi connectivity index (χ2v) is 4.82. The smallest absolute Gasteiger partial charge is 0.122 e. The number of nitrogens with two attached hydrogens (primary N) is 1. The van der Waals surface area contributed by atoms with Crippen molar-refractivity contribution in [1.82, 2.24) is 5.43 Å². The van der Waals surface area contributed by atoms with Gasteiger partial charge in [0.05, 0.1) is 6.61 Å². The van der Waals surface area contributed by atoms with Gasteiger partial charge in [-0.3, -0.25) is 11.3 Å². The zero-order valence-electron chi connectivity index (χ0n) is 10.4. The molecule has 2 rings (SSSR count). The molecule has 92 valence electrons. The third kappa shape index (κ3) is 2.87. The van der Waals surface area contributed by atoms with E-state index >= 15 is 0 Å². The summed E-state index contributed by atoms with van der Waals surface area (Å²) in [4.78, 5) is 0. The number of hydrogen-bond donors (Lipinski definition) is 2. The van der Waals surface area contributed by atoms with Crippen molar-refractivity contribution in [3.63, 3.8) is 0 Å². The molecule has 0 spiro atoms. The summed E-state index contributed by atoms with van der Waals surface area (Å²) in [5.74, 6) is 7.03. The number of para-hydroxylation sites is 1. The Labute approximate surface area is 103 Å². The summed E-state index contributed by atoms with van der Waals surface area (Å²) in [6.45, 7) is 4.89. The Kier molecular flexibility index (Phi) is 3.82. The van der Waals surface area contributed by atoms with Crippen LogP contribution in [0.15, 0.2) is 35.9 Å². The van der Waals surface area contributed by atoms with E-state index < -0.39 is 0 Å². The molecule has 0 aliphatic carbocycles. The van der Waals surface area contributed by atoms with Crippen LogP contribution in [0.5, 0.6) is 5.75 Å². The summed E-state index contributed by atoms with van der Waals surface area (Å²) in [6, 6.07) is 8.38. The summed E-state index contributed by atoms with van der Waals surface area (Å²) >= 11 is 0. The Bertz CT molecular complexity index is 410. The van der Waals surface area contributed by atoms with E-state index in [1.165, 1.54) is 11.1 Å². The number of allylic oxidation sites excluding steroid dienone is 1. The maximum atomic E-state index is 5.78. The van der Waals surface area contributed by atoms with Crippen LogP contribution in [-0.2, 0) is 6.42 Å². The monoisotopic (exact) mass is 232 g/mol. The third-order valence-corrected chi connectivity index (χ3v) is 3.12. The van der Waals surface area contributed by atoms with E-state index in [0.717, 1.165) is 18.8 Å². The summed E-state index contributed by atoms with van der Waals surface area (Å²) < 4.78 is 5.78. The number of rotatable bonds is 3. The SMILES string of the molecule is CC(C)=CC(NN)C1COc2ccccc2C1. The van der Waals surface area contributed by atoms with Gasteiger partial charge in [0.25, 0.3) is 0 Å². The van der Waals surface area contributed by atoms with Gasteiger partial charge < -0.3 is 4.74 Å². The number of hydrogen-bond acceptors (Lipinski definition) is 3.